The van der Waals surface area contributed by atoms with Crippen molar-refractivity contribution in [3.8, 4) is 11.1 Å². The van der Waals surface area contributed by atoms with Gasteiger partial charge in [-0.2, -0.15) is 5.10 Å². The summed E-state index contributed by atoms with van der Waals surface area (Å²) in [7, 11) is 0. The van der Waals surface area contributed by atoms with Crippen LogP contribution in [0, 0.1) is 11.6 Å². The van der Waals surface area contributed by atoms with Crippen molar-refractivity contribution in [1.29, 1.82) is 0 Å². The zero-order valence-electron chi connectivity index (χ0n) is 12.6. The molecule has 0 aliphatic rings. The molecule has 1 aromatic carbocycles. The SMILES string of the molecule is O=C(NCCn1cc(-c2ccncc2)cn1)c1c(F)cccc1F. The average Bonchev–Trinajstić information content (AvgIpc) is 3.04. The van der Waals surface area contributed by atoms with Crippen LogP contribution in [0.1, 0.15) is 10.4 Å². The van der Waals surface area contributed by atoms with E-state index in [9.17, 15) is 13.6 Å². The molecule has 2 aromatic heterocycles. The lowest BCUT2D eigenvalue weighted by molar-refractivity contribution is 0.0943. The van der Waals surface area contributed by atoms with E-state index in [2.05, 4.69) is 15.4 Å². The number of nitrogens with one attached hydrogen (secondary N) is 1. The van der Waals surface area contributed by atoms with Crippen LogP contribution in [0.2, 0.25) is 0 Å². The molecule has 122 valence electrons. The first-order chi connectivity index (χ1) is 11.6. The first kappa shape index (κ1) is 15.8. The molecule has 3 rings (SSSR count). The maximum atomic E-state index is 13.5. The molecule has 5 nitrogen and oxygen atoms in total. The third-order valence-electron chi connectivity index (χ3n) is 3.46. The molecule has 2 heterocycles. The fourth-order valence-electron chi connectivity index (χ4n) is 2.27. The van der Waals surface area contributed by atoms with E-state index >= 15 is 0 Å². The second kappa shape index (κ2) is 6.99. The van der Waals surface area contributed by atoms with Gasteiger partial charge in [0, 0.05) is 30.7 Å². The van der Waals surface area contributed by atoms with Crippen molar-refractivity contribution in [1.82, 2.24) is 20.1 Å². The van der Waals surface area contributed by atoms with E-state index < -0.39 is 23.1 Å². The summed E-state index contributed by atoms with van der Waals surface area (Å²) in [5.74, 6) is -2.55. The van der Waals surface area contributed by atoms with Crippen LogP contribution in [0.25, 0.3) is 11.1 Å². The Balaban J connectivity index is 1.59. The van der Waals surface area contributed by atoms with Crippen molar-refractivity contribution in [2.75, 3.05) is 6.54 Å². The molecule has 1 N–H and O–H groups in total. The zero-order chi connectivity index (χ0) is 16.9. The van der Waals surface area contributed by atoms with Gasteiger partial charge in [0.05, 0.1) is 12.7 Å². The summed E-state index contributed by atoms with van der Waals surface area (Å²) >= 11 is 0. The molecule has 24 heavy (non-hydrogen) atoms. The maximum Gasteiger partial charge on any atom is 0.257 e. The number of aromatic nitrogens is 3. The predicted molar refractivity (Wildman–Crippen MR) is 84.1 cm³/mol. The molecule has 0 bridgehead atoms. The van der Waals surface area contributed by atoms with Crippen molar-refractivity contribution in [3.63, 3.8) is 0 Å². The number of nitrogens with zero attached hydrogens (tertiary/aromatic N) is 3. The fraction of sp³-hybridized carbons (Fsp3) is 0.118. The summed E-state index contributed by atoms with van der Waals surface area (Å²) in [6.07, 6.45) is 6.91. The molecule has 0 atom stereocenters. The molecule has 0 aliphatic carbocycles. The molecule has 0 unspecified atom stereocenters. The highest BCUT2D eigenvalue weighted by Crippen LogP contribution is 2.16. The summed E-state index contributed by atoms with van der Waals surface area (Å²) < 4.78 is 28.7. The number of benzene rings is 1. The Morgan fingerprint density at radius 2 is 1.79 bits per heavy atom. The second-order valence-corrected chi connectivity index (χ2v) is 5.08. The molecule has 0 aliphatic heterocycles. The van der Waals surface area contributed by atoms with Gasteiger partial charge in [-0.05, 0) is 29.8 Å². The summed E-state index contributed by atoms with van der Waals surface area (Å²) in [6, 6.07) is 7.04. The summed E-state index contributed by atoms with van der Waals surface area (Å²) in [5.41, 5.74) is 1.33. The quantitative estimate of drug-likeness (QED) is 0.783. The van der Waals surface area contributed by atoms with Gasteiger partial charge in [-0.25, -0.2) is 8.78 Å². The fourth-order valence-corrected chi connectivity index (χ4v) is 2.27. The first-order valence-electron chi connectivity index (χ1n) is 7.30. The van der Waals surface area contributed by atoms with Crippen LogP contribution in [0.4, 0.5) is 8.78 Å². The van der Waals surface area contributed by atoms with E-state index in [1.807, 2.05) is 18.3 Å². The van der Waals surface area contributed by atoms with Gasteiger partial charge in [-0.3, -0.25) is 14.5 Å². The van der Waals surface area contributed by atoms with E-state index in [-0.39, 0.29) is 6.54 Å². The number of hydrogen-bond acceptors (Lipinski definition) is 3. The molecule has 0 fully saturated rings. The van der Waals surface area contributed by atoms with Gasteiger partial charge < -0.3 is 5.32 Å². The number of halogens is 2. The number of carbonyl (C=O) groups excluding carboxylic acids is 1. The Kier molecular flexibility index (Phi) is 4.60. The minimum Gasteiger partial charge on any atom is -0.350 e. The number of hydrogen-bond donors (Lipinski definition) is 1. The monoisotopic (exact) mass is 328 g/mol. The smallest absolute Gasteiger partial charge is 0.257 e. The number of rotatable bonds is 5. The maximum absolute atomic E-state index is 13.5. The molecule has 1 amide bonds. The molecule has 0 saturated carbocycles. The lowest BCUT2D eigenvalue weighted by Gasteiger charge is -2.07. The van der Waals surface area contributed by atoms with E-state index in [0.717, 1.165) is 23.3 Å². The number of pyridine rings is 1. The van der Waals surface area contributed by atoms with Gasteiger partial charge in [-0.1, -0.05) is 6.07 Å². The molecule has 0 saturated heterocycles. The van der Waals surface area contributed by atoms with Gasteiger partial charge in [-0.15, -0.1) is 0 Å². The summed E-state index contributed by atoms with van der Waals surface area (Å²) in [5, 5.41) is 6.68. The largest absolute Gasteiger partial charge is 0.350 e. The third-order valence-corrected chi connectivity index (χ3v) is 3.46. The van der Waals surface area contributed by atoms with E-state index in [1.165, 1.54) is 6.07 Å². The lowest BCUT2D eigenvalue weighted by Crippen LogP contribution is -2.29. The molecular formula is C17H14F2N4O. The molecule has 0 radical (unpaired) electrons. The molecule has 0 spiro atoms. The van der Waals surface area contributed by atoms with Crippen LogP contribution in [-0.4, -0.2) is 27.2 Å². The zero-order valence-corrected chi connectivity index (χ0v) is 12.6. The van der Waals surface area contributed by atoms with Crippen LogP contribution >= 0.6 is 0 Å². The van der Waals surface area contributed by atoms with Crippen molar-refractivity contribution < 1.29 is 13.6 Å². The van der Waals surface area contributed by atoms with Crippen LogP contribution in [0.5, 0.6) is 0 Å². The van der Waals surface area contributed by atoms with Gasteiger partial charge >= 0.3 is 0 Å². The molecule has 7 heteroatoms. The van der Waals surface area contributed by atoms with E-state index in [0.29, 0.717) is 6.54 Å². The summed E-state index contributed by atoms with van der Waals surface area (Å²) in [4.78, 5) is 15.8. The van der Waals surface area contributed by atoms with Crippen LogP contribution in [-0.2, 0) is 6.54 Å². The average molecular weight is 328 g/mol. The van der Waals surface area contributed by atoms with E-state index in [4.69, 9.17) is 0 Å². The normalized spacial score (nSPS) is 10.6. The van der Waals surface area contributed by atoms with Crippen LogP contribution < -0.4 is 5.32 Å². The minimum absolute atomic E-state index is 0.198. The van der Waals surface area contributed by atoms with Gasteiger partial charge in [0.2, 0.25) is 0 Å². The Morgan fingerprint density at radius 3 is 2.50 bits per heavy atom. The van der Waals surface area contributed by atoms with Gasteiger partial charge in [0.1, 0.15) is 17.2 Å². The van der Waals surface area contributed by atoms with Crippen molar-refractivity contribution in [2.45, 2.75) is 6.54 Å². The first-order valence-corrected chi connectivity index (χ1v) is 7.30. The highest BCUT2D eigenvalue weighted by Gasteiger charge is 2.16. The minimum atomic E-state index is -0.883. The summed E-state index contributed by atoms with van der Waals surface area (Å²) in [6.45, 7) is 0.580. The Bertz CT molecular complexity index is 829. The van der Waals surface area contributed by atoms with Crippen molar-refractivity contribution in [2.24, 2.45) is 0 Å². The van der Waals surface area contributed by atoms with Gasteiger partial charge in [0.15, 0.2) is 0 Å². The Hall–Kier alpha value is -3.09. The van der Waals surface area contributed by atoms with Crippen LogP contribution in [0.15, 0.2) is 55.1 Å². The molecule has 3 aromatic rings. The van der Waals surface area contributed by atoms with Crippen LogP contribution in [0.3, 0.4) is 0 Å². The standard InChI is InChI=1S/C17H14F2N4O/c18-14-2-1-3-15(19)16(14)17(24)21-8-9-23-11-13(10-22-23)12-4-6-20-7-5-12/h1-7,10-11H,8-9H2,(H,21,24). The van der Waals surface area contributed by atoms with Crippen molar-refractivity contribution in [3.05, 3.63) is 72.3 Å². The number of carbonyl (C=O) groups is 1. The lowest BCUT2D eigenvalue weighted by atomic mass is 10.1. The Labute approximate surface area is 137 Å². The molecular weight excluding hydrogens is 314 g/mol. The predicted octanol–water partition coefficient (Wildman–Crippen LogP) is 2.65. The van der Waals surface area contributed by atoms with Gasteiger partial charge in [0.25, 0.3) is 5.91 Å². The highest BCUT2D eigenvalue weighted by molar-refractivity contribution is 5.94. The third kappa shape index (κ3) is 3.45. The topological polar surface area (TPSA) is 59.8 Å². The highest BCUT2D eigenvalue weighted by atomic mass is 19.1. The number of amides is 1. The van der Waals surface area contributed by atoms with E-state index in [1.54, 1.807) is 23.3 Å². The Morgan fingerprint density at radius 1 is 1.08 bits per heavy atom. The van der Waals surface area contributed by atoms with Crippen molar-refractivity contribution >= 4 is 5.91 Å². The second-order valence-electron chi connectivity index (χ2n) is 5.08.